The molecule has 0 aliphatic carbocycles. The number of aliphatic carboxylic acids is 2. The molecule has 4 amide bonds. The van der Waals surface area contributed by atoms with E-state index in [9.17, 15) is 33.9 Å². The molecule has 3 atom stereocenters. The Kier molecular flexibility index (Phi) is 10.3. The molecule has 0 saturated carbocycles. The summed E-state index contributed by atoms with van der Waals surface area (Å²) in [7, 11) is 0. The first-order chi connectivity index (χ1) is 15.0. The van der Waals surface area contributed by atoms with Crippen LogP contribution in [0, 0.1) is 0 Å². The third kappa shape index (κ3) is 9.66. The standard InChI is InChI=1S/C17H25N7O8/c18-9(4-12(19)25)15(29)24-10(1-2-14(27)28)16(30)21-6-13(26)23-11(17(31)32)3-8-5-20-7-22-8/h5,7,9-11H,1-4,6,18H2,(H2,19,25)(H,20,22)(H,21,30)(H,23,26)(H,24,29)(H,27,28)(H,31,32). The van der Waals surface area contributed by atoms with Gasteiger partial charge >= 0.3 is 11.9 Å². The summed E-state index contributed by atoms with van der Waals surface area (Å²) in [5.41, 5.74) is 10.9. The van der Waals surface area contributed by atoms with Gasteiger partial charge in [0.25, 0.3) is 0 Å². The minimum atomic E-state index is -1.37. The topological polar surface area (TPSA) is 260 Å². The van der Waals surface area contributed by atoms with Crippen LogP contribution in [0.5, 0.6) is 0 Å². The number of amides is 4. The van der Waals surface area contributed by atoms with Crippen molar-refractivity contribution in [2.75, 3.05) is 6.54 Å². The summed E-state index contributed by atoms with van der Waals surface area (Å²) in [4.78, 5) is 75.9. The van der Waals surface area contributed by atoms with E-state index in [0.29, 0.717) is 5.69 Å². The zero-order chi connectivity index (χ0) is 24.3. The van der Waals surface area contributed by atoms with Gasteiger partial charge in [-0.15, -0.1) is 0 Å². The third-order valence-corrected chi connectivity index (χ3v) is 4.07. The number of carbonyl (C=O) groups excluding carboxylic acids is 4. The lowest BCUT2D eigenvalue weighted by atomic mass is 10.1. The van der Waals surface area contributed by atoms with Crippen LogP contribution < -0.4 is 27.4 Å². The smallest absolute Gasteiger partial charge is 0.326 e. The normalized spacial score (nSPS) is 13.3. The second-order valence-electron chi connectivity index (χ2n) is 6.73. The minimum absolute atomic E-state index is 0.0793. The number of H-pyrrole nitrogens is 1. The number of hydrogen-bond acceptors (Lipinski definition) is 8. The Morgan fingerprint density at radius 2 is 1.75 bits per heavy atom. The lowest BCUT2D eigenvalue weighted by Crippen LogP contribution is -2.54. The second kappa shape index (κ2) is 12.6. The number of rotatable bonds is 14. The highest BCUT2D eigenvalue weighted by Gasteiger charge is 2.26. The molecular formula is C17H25N7O8. The molecule has 1 heterocycles. The fourth-order valence-corrected chi connectivity index (χ4v) is 2.48. The first-order valence-electron chi connectivity index (χ1n) is 9.32. The molecule has 0 fully saturated rings. The Bertz CT molecular complexity index is 842. The third-order valence-electron chi connectivity index (χ3n) is 4.07. The lowest BCUT2D eigenvalue weighted by Gasteiger charge is -2.20. The van der Waals surface area contributed by atoms with Gasteiger partial charge in [-0.05, 0) is 6.42 Å². The maximum Gasteiger partial charge on any atom is 0.326 e. The Balaban J connectivity index is 2.67. The zero-order valence-electron chi connectivity index (χ0n) is 16.9. The molecule has 0 radical (unpaired) electrons. The van der Waals surface area contributed by atoms with Crippen molar-refractivity contribution in [3.63, 3.8) is 0 Å². The number of aromatic nitrogens is 2. The SMILES string of the molecule is NC(=O)CC(N)C(=O)NC(CCC(=O)O)C(=O)NCC(=O)NC(Cc1cnc[nH]1)C(=O)O. The van der Waals surface area contributed by atoms with E-state index in [0.717, 1.165) is 0 Å². The van der Waals surface area contributed by atoms with Crippen molar-refractivity contribution in [2.45, 2.75) is 43.8 Å². The molecule has 0 aliphatic heterocycles. The molecule has 15 heteroatoms. The summed E-state index contributed by atoms with van der Waals surface area (Å²) in [5, 5.41) is 24.7. The second-order valence-corrected chi connectivity index (χ2v) is 6.73. The number of aromatic amines is 1. The number of nitrogens with one attached hydrogen (secondary N) is 4. The van der Waals surface area contributed by atoms with Crippen LogP contribution in [0.2, 0.25) is 0 Å². The average Bonchev–Trinajstić information content (AvgIpc) is 3.20. The molecular weight excluding hydrogens is 430 g/mol. The van der Waals surface area contributed by atoms with E-state index in [1.807, 2.05) is 0 Å². The number of hydrogen-bond donors (Lipinski definition) is 8. The van der Waals surface area contributed by atoms with E-state index < -0.39 is 73.1 Å². The predicted octanol–water partition coefficient (Wildman–Crippen LogP) is -3.81. The van der Waals surface area contributed by atoms with Crippen LogP contribution in [-0.4, -0.2) is 80.4 Å². The van der Waals surface area contributed by atoms with Gasteiger partial charge in [-0.3, -0.25) is 24.0 Å². The zero-order valence-corrected chi connectivity index (χ0v) is 16.9. The molecule has 0 spiro atoms. The van der Waals surface area contributed by atoms with Crippen LogP contribution in [0.4, 0.5) is 0 Å². The summed E-state index contributed by atoms with van der Waals surface area (Å²) in [6.45, 7) is -0.641. The number of primary amides is 1. The van der Waals surface area contributed by atoms with E-state index >= 15 is 0 Å². The first kappa shape index (κ1) is 26.0. The number of carboxylic acid groups (broad SMARTS) is 2. The molecule has 10 N–H and O–H groups in total. The molecule has 3 unspecified atom stereocenters. The Morgan fingerprint density at radius 1 is 1.06 bits per heavy atom. The molecule has 0 aromatic carbocycles. The van der Waals surface area contributed by atoms with Crippen LogP contribution in [0.25, 0.3) is 0 Å². The van der Waals surface area contributed by atoms with E-state index in [1.165, 1.54) is 12.5 Å². The minimum Gasteiger partial charge on any atom is -0.481 e. The highest BCUT2D eigenvalue weighted by atomic mass is 16.4. The van der Waals surface area contributed by atoms with Crippen molar-refractivity contribution in [1.29, 1.82) is 0 Å². The summed E-state index contributed by atoms with van der Waals surface area (Å²) in [6, 6.07) is -4.02. The first-order valence-corrected chi connectivity index (χ1v) is 9.32. The van der Waals surface area contributed by atoms with Gasteiger partial charge in [-0.2, -0.15) is 0 Å². The van der Waals surface area contributed by atoms with E-state index in [1.54, 1.807) is 0 Å². The molecule has 176 valence electrons. The van der Waals surface area contributed by atoms with Crippen LogP contribution >= 0.6 is 0 Å². The molecule has 1 aromatic heterocycles. The Labute approximate surface area is 181 Å². The highest BCUT2D eigenvalue weighted by molar-refractivity contribution is 5.94. The van der Waals surface area contributed by atoms with Crippen molar-refractivity contribution in [1.82, 2.24) is 25.9 Å². The van der Waals surface area contributed by atoms with Gasteiger partial charge in [0.15, 0.2) is 0 Å². The molecule has 15 nitrogen and oxygen atoms in total. The Hall–Kier alpha value is -4.01. The molecule has 0 aliphatic rings. The average molecular weight is 455 g/mol. The predicted molar refractivity (Wildman–Crippen MR) is 105 cm³/mol. The van der Waals surface area contributed by atoms with Crippen LogP contribution in [0.3, 0.4) is 0 Å². The van der Waals surface area contributed by atoms with Crippen LogP contribution in [-0.2, 0) is 35.2 Å². The van der Waals surface area contributed by atoms with E-state index in [2.05, 4.69) is 25.9 Å². The fourth-order valence-electron chi connectivity index (χ4n) is 2.48. The van der Waals surface area contributed by atoms with E-state index in [4.69, 9.17) is 16.6 Å². The summed E-state index contributed by atoms with van der Waals surface area (Å²) in [5.74, 6) is -6.04. The van der Waals surface area contributed by atoms with Gasteiger partial charge in [0, 0.05) is 24.7 Å². The van der Waals surface area contributed by atoms with Crippen LogP contribution in [0.15, 0.2) is 12.5 Å². The van der Waals surface area contributed by atoms with Crippen molar-refractivity contribution in [2.24, 2.45) is 11.5 Å². The van der Waals surface area contributed by atoms with Crippen molar-refractivity contribution >= 4 is 35.6 Å². The van der Waals surface area contributed by atoms with Gasteiger partial charge < -0.3 is 42.6 Å². The van der Waals surface area contributed by atoms with Gasteiger partial charge in [-0.25, -0.2) is 9.78 Å². The van der Waals surface area contributed by atoms with Gasteiger partial charge in [-0.1, -0.05) is 0 Å². The van der Waals surface area contributed by atoms with Crippen molar-refractivity contribution in [3.05, 3.63) is 18.2 Å². The van der Waals surface area contributed by atoms with Crippen molar-refractivity contribution < 1.29 is 39.0 Å². The molecule has 32 heavy (non-hydrogen) atoms. The molecule has 0 saturated heterocycles. The number of nitrogens with two attached hydrogens (primary N) is 2. The number of carboxylic acids is 2. The highest BCUT2D eigenvalue weighted by Crippen LogP contribution is 2.01. The summed E-state index contributed by atoms with van der Waals surface area (Å²) in [6.07, 6.45) is 1.36. The lowest BCUT2D eigenvalue weighted by molar-refractivity contribution is -0.141. The maximum absolute atomic E-state index is 12.4. The quantitative estimate of drug-likeness (QED) is 0.135. The molecule has 1 aromatic rings. The number of imidazole rings is 1. The number of nitrogens with zero attached hydrogens (tertiary/aromatic N) is 1. The van der Waals surface area contributed by atoms with Gasteiger partial charge in [0.05, 0.1) is 25.3 Å². The number of carbonyl (C=O) groups is 6. The monoisotopic (exact) mass is 455 g/mol. The molecule has 1 rings (SSSR count). The summed E-state index contributed by atoms with van der Waals surface area (Å²) < 4.78 is 0. The van der Waals surface area contributed by atoms with Crippen LogP contribution in [0.1, 0.15) is 25.0 Å². The van der Waals surface area contributed by atoms with Gasteiger partial charge in [0.2, 0.25) is 23.6 Å². The molecule has 0 bridgehead atoms. The van der Waals surface area contributed by atoms with Crippen molar-refractivity contribution in [3.8, 4) is 0 Å². The summed E-state index contributed by atoms with van der Waals surface area (Å²) >= 11 is 0. The largest absolute Gasteiger partial charge is 0.481 e. The van der Waals surface area contributed by atoms with E-state index in [-0.39, 0.29) is 12.8 Å². The van der Waals surface area contributed by atoms with Gasteiger partial charge in [0.1, 0.15) is 12.1 Å². The fraction of sp³-hybridized carbons (Fsp3) is 0.471. The Morgan fingerprint density at radius 3 is 2.28 bits per heavy atom. The maximum atomic E-state index is 12.4.